The zero-order valence-corrected chi connectivity index (χ0v) is 16.8. The second kappa shape index (κ2) is 9.91. The van der Waals surface area contributed by atoms with Gasteiger partial charge in [0.1, 0.15) is 5.69 Å². The quantitative estimate of drug-likeness (QED) is 0.861. The van der Waals surface area contributed by atoms with Crippen LogP contribution in [0.15, 0.2) is 18.3 Å². The number of nitrogens with zero attached hydrogens (tertiary/aromatic N) is 2. The lowest BCUT2D eigenvalue weighted by Crippen LogP contribution is -2.43. The summed E-state index contributed by atoms with van der Waals surface area (Å²) >= 11 is 0. The number of carbonyl (C=O) groups excluding carboxylic acids is 1. The fourth-order valence-corrected chi connectivity index (χ4v) is 3.81. The first-order valence-electron chi connectivity index (χ1n) is 10.2. The lowest BCUT2D eigenvalue weighted by atomic mass is 9.70. The van der Waals surface area contributed by atoms with Crippen molar-refractivity contribution in [2.75, 3.05) is 31.1 Å². The number of hydrogen-bond acceptors (Lipinski definition) is 4. The molecule has 0 aromatic carbocycles. The van der Waals surface area contributed by atoms with E-state index in [9.17, 15) is 4.79 Å². The largest absolute Gasteiger partial charge is 0.368 e. The Morgan fingerprint density at radius 3 is 2.38 bits per heavy atom. The number of rotatable bonds is 4. The molecule has 0 atom stereocenters. The van der Waals surface area contributed by atoms with Crippen LogP contribution < -0.4 is 16.0 Å². The minimum absolute atomic E-state index is 0.314. The molecule has 1 saturated carbocycles. The fourth-order valence-electron chi connectivity index (χ4n) is 3.81. The Labute approximate surface area is 158 Å². The van der Waals surface area contributed by atoms with Crippen molar-refractivity contribution in [3.05, 3.63) is 24.0 Å². The van der Waals surface area contributed by atoms with Gasteiger partial charge in [-0.15, -0.1) is 0 Å². The third kappa shape index (κ3) is 5.97. The van der Waals surface area contributed by atoms with Crippen LogP contribution in [-0.4, -0.2) is 37.1 Å². The van der Waals surface area contributed by atoms with Gasteiger partial charge in [0.25, 0.3) is 5.91 Å². The first kappa shape index (κ1) is 20.7. The molecule has 1 aliphatic carbocycles. The molecule has 1 aliphatic heterocycles. The van der Waals surface area contributed by atoms with Crippen LogP contribution in [0.4, 0.5) is 5.69 Å². The van der Waals surface area contributed by atoms with E-state index in [0.29, 0.717) is 11.1 Å². The molecule has 0 unspecified atom stereocenters. The van der Waals surface area contributed by atoms with Gasteiger partial charge in [-0.05, 0) is 36.3 Å². The van der Waals surface area contributed by atoms with Gasteiger partial charge < -0.3 is 16.0 Å². The average Bonchev–Trinajstić information content (AvgIpc) is 2.70. The highest BCUT2D eigenvalue weighted by Gasteiger charge is 2.28. The second-order valence-corrected chi connectivity index (χ2v) is 8.18. The Kier molecular flexibility index (Phi) is 7.88. The maximum Gasteiger partial charge on any atom is 0.267 e. The summed E-state index contributed by atoms with van der Waals surface area (Å²) in [5.74, 6) is 0.531. The maximum atomic E-state index is 10.8. The molecule has 0 bridgehead atoms. The van der Waals surface area contributed by atoms with Gasteiger partial charge in [-0.2, -0.15) is 0 Å². The molecule has 146 valence electrons. The summed E-state index contributed by atoms with van der Waals surface area (Å²) in [5, 5.41) is 3.28. The third-order valence-corrected chi connectivity index (χ3v) is 6.10. The lowest BCUT2D eigenvalue weighted by molar-refractivity contribution is 0.0995. The molecule has 1 saturated heterocycles. The van der Waals surface area contributed by atoms with E-state index in [-0.39, 0.29) is 0 Å². The molecular formula is C21H36N4O. The number of carbonyl (C=O) groups is 1. The highest BCUT2D eigenvalue weighted by molar-refractivity contribution is 5.90. The van der Waals surface area contributed by atoms with Crippen LogP contribution in [0.2, 0.25) is 0 Å². The summed E-state index contributed by atoms with van der Waals surface area (Å²) in [6.07, 6.45) is 10.5. The van der Waals surface area contributed by atoms with E-state index < -0.39 is 5.91 Å². The van der Waals surface area contributed by atoms with E-state index in [4.69, 9.17) is 5.73 Å². The van der Waals surface area contributed by atoms with E-state index in [1.54, 1.807) is 12.3 Å². The van der Waals surface area contributed by atoms with Crippen molar-refractivity contribution in [3.63, 3.8) is 0 Å². The van der Waals surface area contributed by atoms with Gasteiger partial charge in [-0.1, -0.05) is 46.5 Å². The molecule has 1 aromatic rings. The van der Waals surface area contributed by atoms with Gasteiger partial charge in [-0.3, -0.25) is 4.79 Å². The van der Waals surface area contributed by atoms with Crippen LogP contribution in [0.5, 0.6) is 0 Å². The van der Waals surface area contributed by atoms with Crippen LogP contribution in [0, 0.1) is 11.3 Å². The van der Waals surface area contributed by atoms with E-state index in [1.165, 1.54) is 38.5 Å². The predicted molar refractivity (Wildman–Crippen MR) is 108 cm³/mol. The first-order valence-corrected chi connectivity index (χ1v) is 10.2. The summed E-state index contributed by atoms with van der Waals surface area (Å²) < 4.78 is 0. The van der Waals surface area contributed by atoms with Gasteiger partial charge in [-0.25, -0.2) is 4.98 Å². The van der Waals surface area contributed by atoms with Crippen LogP contribution in [0.25, 0.3) is 0 Å². The molecule has 0 spiro atoms. The Balaban J connectivity index is 0.000000197. The highest BCUT2D eigenvalue weighted by Crippen LogP contribution is 2.40. The highest BCUT2D eigenvalue weighted by atomic mass is 16.1. The minimum Gasteiger partial charge on any atom is -0.368 e. The number of nitrogens with two attached hydrogens (primary N) is 1. The van der Waals surface area contributed by atoms with Crippen LogP contribution in [-0.2, 0) is 0 Å². The molecule has 5 heteroatoms. The zero-order chi connectivity index (χ0) is 19.0. The van der Waals surface area contributed by atoms with Crippen LogP contribution >= 0.6 is 0 Å². The normalized spacial score (nSPS) is 18.8. The van der Waals surface area contributed by atoms with Crippen molar-refractivity contribution in [1.29, 1.82) is 0 Å². The molecule has 3 N–H and O–H groups in total. The number of hydrogen-bond donors (Lipinski definition) is 2. The Morgan fingerprint density at radius 1 is 1.23 bits per heavy atom. The fraction of sp³-hybridized carbons (Fsp3) is 0.714. The number of aromatic nitrogens is 1. The third-order valence-electron chi connectivity index (χ3n) is 6.10. The smallest absolute Gasteiger partial charge is 0.267 e. The molecule has 0 radical (unpaired) electrons. The molecular weight excluding hydrogens is 324 g/mol. The summed E-state index contributed by atoms with van der Waals surface area (Å²) in [4.78, 5) is 17.1. The Bertz CT molecular complexity index is 544. The summed E-state index contributed by atoms with van der Waals surface area (Å²) in [6, 6.07) is 3.55. The molecule has 2 aliphatic rings. The maximum absolute atomic E-state index is 10.8. The molecule has 1 aromatic heterocycles. The molecule has 3 rings (SSSR count). The van der Waals surface area contributed by atoms with E-state index in [1.807, 2.05) is 6.07 Å². The van der Waals surface area contributed by atoms with Crippen molar-refractivity contribution >= 4 is 11.6 Å². The zero-order valence-electron chi connectivity index (χ0n) is 16.8. The summed E-state index contributed by atoms with van der Waals surface area (Å²) in [7, 11) is 0. The van der Waals surface area contributed by atoms with Gasteiger partial charge in [0.2, 0.25) is 0 Å². The van der Waals surface area contributed by atoms with Gasteiger partial charge in [0.15, 0.2) is 0 Å². The Hall–Kier alpha value is -1.62. The number of anilines is 1. The SMILES string of the molecule is CCC(C)(C)C1CCCCC1.NC(=O)c1ccc(N2CCNCC2)cn1. The molecule has 26 heavy (non-hydrogen) atoms. The van der Waals surface area contributed by atoms with E-state index in [2.05, 4.69) is 36.0 Å². The van der Waals surface area contributed by atoms with Crippen LogP contribution in [0.3, 0.4) is 0 Å². The van der Waals surface area contributed by atoms with Crippen molar-refractivity contribution in [2.24, 2.45) is 17.1 Å². The number of primary amides is 1. The first-order chi connectivity index (χ1) is 12.4. The van der Waals surface area contributed by atoms with Crippen molar-refractivity contribution in [2.45, 2.75) is 59.3 Å². The van der Waals surface area contributed by atoms with Crippen molar-refractivity contribution in [3.8, 4) is 0 Å². The second-order valence-electron chi connectivity index (χ2n) is 8.18. The predicted octanol–water partition coefficient (Wildman–Crippen LogP) is 3.59. The Morgan fingerprint density at radius 2 is 1.88 bits per heavy atom. The number of amides is 1. The number of pyridine rings is 1. The minimum atomic E-state index is -0.484. The van der Waals surface area contributed by atoms with E-state index >= 15 is 0 Å². The van der Waals surface area contributed by atoms with Gasteiger partial charge >= 0.3 is 0 Å². The van der Waals surface area contributed by atoms with Crippen LogP contribution in [0.1, 0.15) is 69.8 Å². The molecule has 5 nitrogen and oxygen atoms in total. The standard InChI is InChI=1S/C11H22.C10H14N4O/c1-4-11(2,3)10-8-6-5-7-9-10;11-10(15)9-2-1-8(7-13-9)14-5-3-12-4-6-14/h10H,4-9H2,1-3H3;1-2,7,12H,3-6H2,(H2,11,15). The molecule has 1 amide bonds. The van der Waals surface area contributed by atoms with E-state index in [0.717, 1.165) is 37.8 Å². The lowest BCUT2D eigenvalue weighted by Gasteiger charge is -2.36. The van der Waals surface area contributed by atoms with Gasteiger partial charge in [0, 0.05) is 26.2 Å². The number of piperazine rings is 1. The molecule has 2 heterocycles. The summed E-state index contributed by atoms with van der Waals surface area (Å²) in [6.45, 7) is 11.1. The van der Waals surface area contributed by atoms with Gasteiger partial charge in [0.05, 0.1) is 11.9 Å². The van der Waals surface area contributed by atoms with Crippen molar-refractivity contribution in [1.82, 2.24) is 10.3 Å². The van der Waals surface area contributed by atoms with Crippen molar-refractivity contribution < 1.29 is 4.79 Å². The number of nitrogens with one attached hydrogen (secondary N) is 1. The monoisotopic (exact) mass is 360 g/mol. The molecule has 2 fully saturated rings. The summed E-state index contributed by atoms with van der Waals surface area (Å²) in [5.41, 5.74) is 7.09. The topological polar surface area (TPSA) is 71.2 Å². The average molecular weight is 361 g/mol.